The van der Waals surface area contributed by atoms with E-state index in [1.807, 2.05) is 0 Å². The lowest BCUT2D eigenvalue weighted by atomic mass is 9.88. The Bertz CT molecular complexity index is 302. The van der Waals surface area contributed by atoms with Gasteiger partial charge in [0.25, 0.3) is 0 Å². The molecule has 0 aromatic heterocycles. The Morgan fingerprint density at radius 3 is 2.40 bits per heavy atom. The van der Waals surface area contributed by atoms with Crippen molar-refractivity contribution in [3.8, 4) is 0 Å². The van der Waals surface area contributed by atoms with Crippen LogP contribution in [0.2, 0.25) is 0 Å². The normalized spacial score (nSPS) is 13.5. The highest BCUT2D eigenvalue weighted by molar-refractivity contribution is 5.26. The first-order chi connectivity index (χ1) is 7.06. The maximum atomic E-state index is 12.8. The molecule has 0 spiro atoms. The quantitative estimate of drug-likeness (QED) is 0.816. The first-order valence-electron chi connectivity index (χ1n) is 5.04. The number of halogens is 2. The molecule has 1 atom stereocenters. The smallest absolute Gasteiger partial charge is 0.245 e. The first-order valence-corrected chi connectivity index (χ1v) is 5.04. The van der Waals surface area contributed by atoms with Crippen molar-refractivity contribution in [2.45, 2.75) is 32.8 Å². The fourth-order valence-electron chi connectivity index (χ4n) is 1.72. The lowest BCUT2D eigenvalue weighted by Gasteiger charge is -2.20. The summed E-state index contributed by atoms with van der Waals surface area (Å²) in [6, 6.07) is 6.78. The summed E-state index contributed by atoms with van der Waals surface area (Å²) in [6.45, 7) is 3.45. The Morgan fingerprint density at radius 2 is 1.93 bits per heavy atom. The monoisotopic (exact) mass is 214 g/mol. The van der Waals surface area contributed by atoms with Crippen molar-refractivity contribution in [3.63, 3.8) is 0 Å². The molecule has 0 aliphatic carbocycles. The molecule has 0 aliphatic heterocycles. The molecule has 3 heteroatoms. The molecule has 15 heavy (non-hydrogen) atoms. The summed E-state index contributed by atoms with van der Waals surface area (Å²) in [5, 5.41) is 8.93. The van der Waals surface area contributed by atoms with Crippen molar-refractivity contribution >= 4 is 0 Å². The second kappa shape index (κ2) is 5.21. The van der Waals surface area contributed by atoms with E-state index in [0.29, 0.717) is 11.1 Å². The van der Waals surface area contributed by atoms with E-state index in [4.69, 9.17) is 5.11 Å². The van der Waals surface area contributed by atoms with Gasteiger partial charge in [0.1, 0.15) is 0 Å². The van der Waals surface area contributed by atoms with E-state index in [2.05, 4.69) is 0 Å². The topological polar surface area (TPSA) is 20.2 Å². The van der Waals surface area contributed by atoms with Crippen LogP contribution in [0.15, 0.2) is 24.3 Å². The molecule has 1 rings (SSSR count). The highest BCUT2D eigenvalue weighted by atomic mass is 19.3. The minimum Gasteiger partial charge on any atom is -0.392 e. The second-order valence-corrected chi connectivity index (χ2v) is 4.01. The maximum absolute atomic E-state index is 12.8. The molecule has 1 N–H and O–H groups in total. The molecule has 1 aromatic rings. The van der Waals surface area contributed by atoms with Gasteiger partial charge in [-0.1, -0.05) is 38.1 Å². The number of hydrogen-bond acceptors (Lipinski definition) is 1. The highest BCUT2D eigenvalue weighted by Gasteiger charge is 2.25. The summed E-state index contributed by atoms with van der Waals surface area (Å²) < 4.78 is 25.6. The van der Waals surface area contributed by atoms with E-state index in [9.17, 15) is 8.78 Å². The van der Waals surface area contributed by atoms with Crippen molar-refractivity contribution in [1.82, 2.24) is 0 Å². The number of aliphatic hydroxyl groups excluding tert-OH is 1. The zero-order chi connectivity index (χ0) is 11.4. The highest BCUT2D eigenvalue weighted by Crippen LogP contribution is 2.31. The summed E-state index contributed by atoms with van der Waals surface area (Å²) in [6.07, 6.45) is -2.36. The summed E-state index contributed by atoms with van der Waals surface area (Å²) in [5.74, 6) is -0.865. The molecule has 0 aliphatic rings. The minimum absolute atomic E-state index is 0.109. The average Bonchev–Trinajstić information content (AvgIpc) is 2.17. The number of aliphatic hydroxyl groups is 1. The van der Waals surface area contributed by atoms with Crippen LogP contribution >= 0.6 is 0 Å². The Balaban J connectivity index is 3.00. The van der Waals surface area contributed by atoms with Crippen LogP contribution in [0.3, 0.4) is 0 Å². The first kappa shape index (κ1) is 12.1. The molecule has 0 bridgehead atoms. The Hall–Kier alpha value is -0.960. The molecule has 0 fully saturated rings. The van der Waals surface area contributed by atoms with E-state index in [-0.39, 0.29) is 12.5 Å². The molecule has 0 amide bonds. The number of alkyl halides is 2. The van der Waals surface area contributed by atoms with Crippen LogP contribution in [0.5, 0.6) is 0 Å². The van der Waals surface area contributed by atoms with Gasteiger partial charge in [-0.15, -0.1) is 0 Å². The van der Waals surface area contributed by atoms with Crippen LogP contribution in [0.25, 0.3) is 0 Å². The molecule has 84 valence electrons. The van der Waals surface area contributed by atoms with Gasteiger partial charge in [-0.25, -0.2) is 8.78 Å². The van der Waals surface area contributed by atoms with Crippen molar-refractivity contribution in [1.29, 1.82) is 0 Å². The van der Waals surface area contributed by atoms with Crippen LogP contribution in [-0.4, -0.2) is 11.5 Å². The van der Waals surface area contributed by atoms with Gasteiger partial charge in [-0.05, 0) is 17.0 Å². The standard InChI is InChI=1S/C12H16F2O/c1-8(2)11(12(13)14)10-5-3-4-9(6-10)7-15/h3-6,8,11-12,15H,7H2,1-2H3. The summed E-state index contributed by atoms with van der Waals surface area (Å²) in [5.41, 5.74) is 1.28. The molecule has 1 nitrogen and oxygen atoms in total. The van der Waals surface area contributed by atoms with E-state index < -0.39 is 12.3 Å². The second-order valence-electron chi connectivity index (χ2n) is 4.01. The average molecular weight is 214 g/mol. The molecule has 0 heterocycles. The van der Waals surface area contributed by atoms with Crippen LogP contribution in [-0.2, 0) is 6.61 Å². The van der Waals surface area contributed by atoms with Crippen molar-refractivity contribution < 1.29 is 13.9 Å². The third kappa shape index (κ3) is 2.99. The van der Waals surface area contributed by atoms with Gasteiger partial charge in [-0.3, -0.25) is 0 Å². The lowest BCUT2D eigenvalue weighted by Crippen LogP contribution is -2.15. The fraction of sp³-hybridized carbons (Fsp3) is 0.500. The third-order valence-electron chi connectivity index (χ3n) is 2.51. The molecule has 0 radical (unpaired) electrons. The largest absolute Gasteiger partial charge is 0.392 e. The zero-order valence-electron chi connectivity index (χ0n) is 8.95. The van der Waals surface area contributed by atoms with Gasteiger partial charge < -0.3 is 5.11 Å². The van der Waals surface area contributed by atoms with E-state index in [1.54, 1.807) is 38.1 Å². The molecule has 0 saturated heterocycles. The number of benzene rings is 1. The Labute approximate surface area is 88.7 Å². The molecule has 0 saturated carbocycles. The SMILES string of the molecule is CC(C)C(c1cccc(CO)c1)C(F)F. The molecular formula is C12H16F2O. The molecule has 1 aromatic carbocycles. The molecular weight excluding hydrogens is 198 g/mol. The van der Waals surface area contributed by atoms with E-state index >= 15 is 0 Å². The van der Waals surface area contributed by atoms with E-state index in [0.717, 1.165) is 0 Å². The fourth-order valence-corrected chi connectivity index (χ4v) is 1.72. The predicted molar refractivity (Wildman–Crippen MR) is 55.9 cm³/mol. The Morgan fingerprint density at radius 1 is 1.27 bits per heavy atom. The molecule has 1 unspecified atom stereocenters. The van der Waals surface area contributed by atoms with Crippen LogP contribution < -0.4 is 0 Å². The van der Waals surface area contributed by atoms with Crippen molar-refractivity contribution in [2.24, 2.45) is 5.92 Å². The van der Waals surface area contributed by atoms with Crippen molar-refractivity contribution in [3.05, 3.63) is 35.4 Å². The van der Waals surface area contributed by atoms with Gasteiger partial charge in [0, 0.05) is 5.92 Å². The summed E-state index contributed by atoms with van der Waals surface area (Å²) in [7, 11) is 0. The van der Waals surface area contributed by atoms with Gasteiger partial charge in [0.05, 0.1) is 6.61 Å². The lowest BCUT2D eigenvalue weighted by molar-refractivity contribution is 0.0933. The van der Waals surface area contributed by atoms with Gasteiger partial charge in [-0.2, -0.15) is 0 Å². The number of rotatable bonds is 4. The van der Waals surface area contributed by atoms with Crippen LogP contribution in [0.1, 0.15) is 30.9 Å². The maximum Gasteiger partial charge on any atom is 0.245 e. The minimum atomic E-state index is -2.36. The Kier molecular flexibility index (Phi) is 4.21. The zero-order valence-corrected chi connectivity index (χ0v) is 8.95. The summed E-state index contributed by atoms with van der Waals surface area (Å²) >= 11 is 0. The van der Waals surface area contributed by atoms with Crippen molar-refractivity contribution in [2.75, 3.05) is 0 Å². The van der Waals surface area contributed by atoms with Crippen LogP contribution in [0.4, 0.5) is 8.78 Å². The van der Waals surface area contributed by atoms with Crippen LogP contribution in [0, 0.1) is 5.92 Å². The predicted octanol–water partition coefficient (Wildman–Crippen LogP) is 3.18. The third-order valence-corrected chi connectivity index (χ3v) is 2.51. The number of hydrogen-bond donors (Lipinski definition) is 1. The summed E-state index contributed by atoms with van der Waals surface area (Å²) in [4.78, 5) is 0. The van der Waals surface area contributed by atoms with Gasteiger partial charge >= 0.3 is 0 Å². The van der Waals surface area contributed by atoms with Gasteiger partial charge in [0.15, 0.2) is 0 Å². The van der Waals surface area contributed by atoms with E-state index in [1.165, 1.54) is 0 Å². The van der Waals surface area contributed by atoms with Gasteiger partial charge in [0.2, 0.25) is 6.43 Å².